The van der Waals surface area contributed by atoms with Gasteiger partial charge in [-0.2, -0.15) is 13.2 Å². The molecule has 1 N–H and O–H groups in total. The zero-order chi connectivity index (χ0) is 17.8. The monoisotopic (exact) mass is 348 g/mol. The van der Waals surface area contributed by atoms with Gasteiger partial charge in [-0.3, -0.25) is 4.79 Å². The van der Waals surface area contributed by atoms with E-state index in [1.54, 1.807) is 0 Å². The first kappa shape index (κ1) is 18.0. The summed E-state index contributed by atoms with van der Waals surface area (Å²) in [7, 11) is 0. The first-order valence-corrected chi connectivity index (χ1v) is 9.01. The van der Waals surface area contributed by atoms with E-state index in [-0.39, 0.29) is 31.5 Å². The van der Waals surface area contributed by atoms with Gasteiger partial charge in [-0.1, -0.05) is 6.92 Å². The fourth-order valence-corrected chi connectivity index (χ4v) is 5.48. The predicted molar refractivity (Wildman–Crippen MR) is 82.0 cm³/mol. The van der Waals surface area contributed by atoms with Crippen molar-refractivity contribution in [2.75, 3.05) is 13.2 Å². The predicted octanol–water partition coefficient (Wildman–Crippen LogP) is 3.94. The van der Waals surface area contributed by atoms with E-state index in [1.807, 2.05) is 0 Å². The van der Waals surface area contributed by atoms with Gasteiger partial charge in [-0.05, 0) is 69.1 Å². The van der Waals surface area contributed by atoms with Gasteiger partial charge in [0.05, 0.1) is 13.2 Å². The number of ether oxygens (including phenoxy) is 1. The average Bonchev–Trinajstić information content (AvgIpc) is 2.52. The van der Waals surface area contributed by atoms with Crippen LogP contribution in [0.15, 0.2) is 0 Å². The molecule has 0 heterocycles. The Morgan fingerprint density at radius 2 is 1.62 bits per heavy atom. The van der Waals surface area contributed by atoms with Crippen LogP contribution in [0.5, 0.6) is 0 Å². The summed E-state index contributed by atoms with van der Waals surface area (Å²) in [6, 6.07) is 0. The minimum atomic E-state index is -4.63. The quantitative estimate of drug-likeness (QED) is 0.766. The molecule has 4 rings (SSSR count). The summed E-state index contributed by atoms with van der Waals surface area (Å²) in [5.41, 5.74) is -3.01. The summed E-state index contributed by atoms with van der Waals surface area (Å²) in [6.45, 7) is 2.06. The Kier molecular flexibility index (Phi) is 4.42. The molecule has 1 unspecified atom stereocenters. The van der Waals surface area contributed by atoms with E-state index in [1.165, 1.54) is 13.3 Å². The summed E-state index contributed by atoms with van der Waals surface area (Å²) in [6.07, 6.45) is 0.305. The van der Waals surface area contributed by atoms with Crippen molar-refractivity contribution in [2.24, 2.45) is 34.5 Å². The third kappa shape index (κ3) is 2.56. The summed E-state index contributed by atoms with van der Waals surface area (Å²) in [5.74, 6) is 0.688. The van der Waals surface area contributed by atoms with Crippen molar-refractivity contribution in [1.82, 2.24) is 0 Å². The van der Waals surface area contributed by atoms with Gasteiger partial charge in [0.15, 0.2) is 5.41 Å². The minimum absolute atomic E-state index is 0.0806. The molecule has 4 bridgehead atoms. The van der Waals surface area contributed by atoms with E-state index in [4.69, 9.17) is 4.74 Å². The highest BCUT2D eigenvalue weighted by Crippen LogP contribution is 2.62. The lowest BCUT2D eigenvalue weighted by Crippen LogP contribution is -2.57. The van der Waals surface area contributed by atoms with Crippen LogP contribution >= 0.6 is 0 Å². The van der Waals surface area contributed by atoms with Crippen LogP contribution in [0.2, 0.25) is 0 Å². The Morgan fingerprint density at radius 1 is 1.12 bits per heavy atom. The Morgan fingerprint density at radius 3 is 2.00 bits per heavy atom. The normalized spacial score (nSPS) is 40.4. The van der Waals surface area contributed by atoms with Crippen molar-refractivity contribution in [3.8, 4) is 0 Å². The molecular weight excluding hydrogens is 321 g/mol. The van der Waals surface area contributed by atoms with E-state index in [9.17, 15) is 23.1 Å². The van der Waals surface area contributed by atoms with Crippen molar-refractivity contribution >= 4 is 5.97 Å². The highest BCUT2D eigenvalue weighted by Gasteiger charge is 2.60. The SMILES string of the molecule is CCC(C)(C(=O)OCC1(CO)C2CC3CC(C2)CC1C3)C(F)(F)F. The third-order valence-electron chi connectivity index (χ3n) is 7.31. The molecule has 0 aliphatic heterocycles. The fraction of sp³-hybridized carbons (Fsp3) is 0.944. The largest absolute Gasteiger partial charge is 0.464 e. The lowest BCUT2D eigenvalue weighted by molar-refractivity contribution is -0.236. The maximum absolute atomic E-state index is 13.2. The number of esters is 1. The first-order chi connectivity index (χ1) is 11.2. The summed E-state index contributed by atoms with van der Waals surface area (Å²) >= 11 is 0. The van der Waals surface area contributed by atoms with Gasteiger partial charge in [0.25, 0.3) is 0 Å². The number of halogens is 3. The Balaban J connectivity index is 1.74. The molecule has 0 aromatic heterocycles. The molecule has 3 nitrogen and oxygen atoms in total. The van der Waals surface area contributed by atoms with Crippen molar-refractivity contribution in [1.29, 1.82) is 0 Å². The minimum Gasteiger partial charge on any atom is -0.464 e. The van der Waals surface area contributed by atoms with Gasteiger partial charge in [0.1, 0.15) is 0 Å². The maximum Gasteiger partial charge on any atom is 0.404 e. The number of aliphatic hydroxyl groups excluding tert-OH is 1. The van der Waals surface area contributed by atoms with Gasteiger partial charge in [0, 0.05) is 5.41 Å². The summed E-state index contributed by atoms with van der Waals surface area (Å²) in [4.78, 5) is 12.2. The summed E-state index contributed by atoms with van der Waals surface area (Å²) in [5, 5.41) is 10.1. The van der Waals surface area contributed by atoms with Crippen molar-refractivity contribution in [2.45, 2.75) is 58.5 Å². The maximum atomic E-state index is 13.2. The second-order valence-electron chi connectivity index (χ2n) is 8.46. The Hall–Kier alpha value is -0.780. The number of alkyl halides is 3. The van der Waals surface area contributed by atoms with Crippen LogP contribution in [-0.2, 0) is 9.53 Å². The highest BCUT2D eigenvalue weighted by molar-refractivity contribution is 5.77. The van der Waals surface area contributed by atoms with E-state index in [0.29, 0.717) is 11.8 Å². The number of carbonyl (C=O) groups excluding carboxylic acids is 1. The van der Waals surface area contributed by atoms with Crippen LogP contribution in [0.4, 0.5) is 13.2 Å². The Labute approximate surface area is 140 Å². The van der Waals surface area contributed by atoms with Gasteiger partial charge in [-0.15, -0.1) is 0 Å². The molecule has 4 fully saturated rings. The standard InChI is InChI=1S/C18H27F3O3/c1-3-16(2,18(19,20)21)15(23)24-10-17(9-22)13-5-11-4-12(7-13)8-14(17)6-11/h11-14,22H,3-10H2,1-2H3. The molecule has 0 amide bonds. The number of rotatable bonds is 5. The molecule has 1 atom stereocenters. The number of hydrogen-bond acceptors (Lipinski definition) is 3. The second-order valence-corrected chi connectivity index (χ2v) is 8.46. The smallest absolute Gasteiger partial charge is 0.404 e. The van der Waals surface area contributed by atoms with Crippen LogP contribution in [-0.4, -0.2) is 30.5 Å². The van der Waals surface area contributed by atoms with Crippen LogP contribution < -0.4 is 0 Å². The molecule has 0 spiro atoms. The van der Waals surface area contributed by atoms with Crippen molar-refractivity contribution < 1.29 is 27.8 Å². The molecule has 0 aromatic rings. The van der Waals surface area contributed by atoms with Gasteiger partial charge in [0.2, 0.25) is 0 Å². The lowest BCUT2D eigenvalue weighted by atomic mass is 9.45. The van der Waals surface area contributed by atoms with E-state index < -0.39 is 23.0 Å². The van der Waals surface area contributed by atoms with Gasteiger partial charge in [-0.25, -0.2) is 0 Å². The molecule has 138 valence electrons. The molecule has 0 radical (unpaired) electrons. The molecule has 24 heavy (non-hydrogen) atoms. The molecule has 4 aliphatic carbocycles. The first-order valence-electron chi connectivity index (χ1n) is 9.01. The Bertz CT molecular complexity index is 474. The summed E-state index contributed by atoms with van der Waals surface area (Å²) < 4.78 is 44.9. The molecular formula is C18H27F3O3. The topological polar surface area (TPSA) is 46.5 Å². The number of hydrogen-bond donors (Lipinski definition) is 1. The number of aliphatic hydroxyl groups is 1. The fourth-order valence-electron chi connectivity index (χ4n) is 5.48. The van der Waals surface area contributed by atoms with Crippen LogP contribution in [0.1, 0.15) is 52.4 Å². The molecule has 4 aliphatic rings. The van der Waals surface area contributed by atoms with E-state index >= 15 is 0 Å². The van der Waals surface area contributed by atoms with Gasteiger partial charge >= 0.3 is 12.1 Å². The van der Waals surface area contributed by atoms with Crippen molar-refractivity contribution in [3.05, 3.63) is 0 Å². The van der Waals surface area contributed by atoms with Crippen molar-refractivity contribution in [3.63, 3.8) is 0 Å². The third-order valence-corrected chi connectivity index (χ3v) is 7.31. The second kappa shape index (κ2) is 5.89. The van der Waals surface area contributed by atoms with E-state index in [0.717, 1.165) is 32.6 Å². The lowest BCUT2D eigenvalue weighted by Gasteiger charge is -2.60. The van der Waals surface area contributed by atoms with Crippen LogP contribution in [0.25, 0.3) is 0 Å². The average molecular weight is 348 g/mol. The highest BCUT2D eigenvalue weighted by atomic mass is 19.4. The molecule has 0 saturated heterocycles. The van der Waals surface area contributed by atoms with Gasteiger partial charge < -0.3 is 9.84 Å². The number of carbonyl (C=O) groups is 1. The molecule has 6 heteroatoms. The zero-order valence-electron chi connectivity index (χ0n) is 14.4. The van der Waals surface area contributed by atoms with E-state index in [2.05, 4.69) is 0 Å². The zero-order valence-corrected chi connectivity index (χ0v) is 14.4. The molecule has 4 saturated carbocycles. The van der Waals surface area contributed by atoms with Crippen LogP contribution in [0.3, 0.4) is 0 Å². The molecule has 0 aromatic carbocycles. The van der Waals surface area contributed by atoms with Crippen LogP contribution in [0, 0.1) is 34.5 Å².